The van der Waals surface area contributed by atoms with Gasteiger partial charge in [-0.15, -0.1) is 5.46 Å². The molecule has 1 aliphatic rings. The summed E-state index contributed by atoms with van der Waals surface area (Å²) in [5, 5.41) is 0. The van der Waals surface area contributed by atoms with E-state index in [0.29, 0.717) is 0 Å². The van der Waals surface area contributed by atoms with Gasteiger partial charge < -0.3 is 12.9 Å². The quantitative estimate of drug-likeness (QED) is 0.496. The Balaban J connectivity index is 0.00000112. The first kappa shape index (κ1) is 13.7. The van der Waals surface area contributed by atoms with Crippen molar-refractivity contribution in [3.63, 3.8) is 0 Å². The Morgan fingerprint density at radius 1 is 1.13 bits per heavy atom. The van der Waals surface area contributed by atoms with E-state index in [2.05, 4.69) is 0 Å². The zero-order valence-corrected chi connectivity index (χ0v) is 11.4. The largest absolute Gasteiger partial charge is 1.00 e. The van der Waals surface area contributed by atoms with Gasteiger partial charge in [0.2, 0.25) is 0 Å². The molecule has 6 heteroatoms. The first-order valence-electron chi connectivity index (χ1n) is 4.48. The van der Waals surface area contributed by atoms with Gasteiger partial charge in [-0.05, 0) is 30.9 Å². The van der Waals surface area contributed by atoms with Gasteiger partial charge in [0.15, 0.2) is 0 Å². The molecule has 0 bridgehead atoms. The molecular weight excluding hydrogens is 234 g/mol. The van der Waals surface area contributed by atoms with Gasteiger partial charge in [0.25, 0.3) is 0 Å². The first-order valence-corrected chi connectivity index (χ1v) is 4.48. The molecule has 1 aromatic rings. The number of hydrogen-bond acceptors (Lipinski definition) is 0. The van der Waals surface area contributed by atoms with Crippen molar-refractivity contribution < 1.29 is 68.7 Å². The Bertz CT molecular complexity index is 360. The zero-order valence-electron chi connectivity index (χ0n) is 8.31. The van der Waals surface area contributed by atoms with E-state index in [1.807, 2.05) is 0 Å². The topological polar surface area (TPSA) is 0 Å². The summed E-state index contributed by atoms with van der Waals surface area (Å²) in [6.45, 7) is -5.01. The predicted octanol–water partition coefficient (Wildman–Crippen LogP) is -0.239. The van der Waals surface area contributed by atoms with Gasteiger partial charge in [-0.3, -0.25) is 0 Å². The molecule has 15 heavy (non-hydrogen) atoms. The summed E-state index contributed by atoms with van der Waals surface area (Å²) >= 11 is 0. The van der Waals surface area contributed by atoms with Crippen LogP contribution in [-0.2, 0) is 0 Å². The maximum absolute atomic E-state index is 12.8. The molecule has 0 aliphatic heterocycles. The Morgan fingerprint density at radius 2 is 1.73 bits per heavy atom. The minimum atomic E-state index is -5.01. The van der Waals surface area contributed by atoms with Crippen molar-refractivity contribution in [3.8, 4) is 0 Å². The van der Waals surface area contributed by atoms with Gasteiger partial charge in [-0.25, -0.2) is 4.39 Å². The number of rotatable bonds is 2. The van der Waals surface area contributed by atoms with E-state index in [0.717, 1.165) is 31.0 Å². The summed E-state index contributed by atoms with van der Waals surface area (Å²) < 4.78 is 50.3. The third-order valence-corrected chi connectivity index (χ3v) is 2.42. The standard InChI is InChI=1S/C9H8BF4.K/c11-7-3-4-9(10(12,13)14)8(5-7)6-1-2-6;/h3-6H,1-2H2;/q-1;+1. The van der Waals surface area contributed by atoms with Crippen LogP contribution in [0.15, 0.2) is 18.2 Å². The number of hydrogen-bond donors (Lipinski definition) is 0. The summed E-state index contributed by atoms with van der Waals surface area (Å²) in [7, 11) is 0. The summed E-state index contributed by atoms with van der Waals surface area (Å²) in [4.78, 5) is 0. The van der Waals surface area contributed by atoms with Gasteiger partial charge >= 0.3 is 58.4 Å². The van der Waals surface area contributed by atoms with E-state index in [4.69, 9.17) is 0 Å². The second kappa shape index (κ2) is 4.87. The second-order valence-corrected chi connectivity index (χ2v) is 3.62. The molecule has 0 aromatic heterocycles. The van der Waals surface area contributed by atoms with Crippen LogP contribution in [-0.4, -0.2) is 6.98 Å². The Labute approximate surface area is 128 Å². The van der Waals surface area contributed by atoms with E-state index < -0.39 is 18.3 Å². The van der Waals surface area contributed by atoms with Crippen molar-refractivity contribution in [3.05, 3.63) is 29.6 Å². The summed E-state index contributed by atoms with van der Waals surface area (Å²) in [5.74, 6) is -0.667. The van der Waals surface area contributed by atoms with E-state index >= 15 is 0 Å². The normalized spacial score (nSPS) is 16.0. The Morgan fingerprint density at radius 3 is 2.20 bits per heavy atom. The van der Waals surface area contributed by atoms with Crippen molar-refractivity contribution in [1.29, 1.82) is 0 Å². The van der Waals surface area contributed by atoms with Gasteiger partial charge in [0, 0.05) is 0 Å². The average Bonchev–Trinajstić information content (AvgIpc) is 2.83. The van der Waals surface area contributed by atoms with Gasteiger partial charge in [-0.2, -0.15) is 0 Å². The molecule has 0 N–H and O–H groups in total. The number of benzene rings is 1. The maximum atomic E-state index is 12.8. The molecular formula is C9H8BF4K. The van der Waals surface area contributed by atoms with Gasteiger partial charge in [0.1, 0.15) is 5.82 Å². The van der Waals surface area contributed by atoms with Crippen molar-refractivity contribution in [2.24, 2.45) is 0 Å². The summed E-state index contributed by atoms with van der Waals surface area (Å²) in [5.41, 5.74) is -0.494. The summed E-state index contributed by atoms with van der Waals surface area (Å²) in [6.07, 6.45) is 1.48. The summed E-state index contributed by atoms with van der Waals surface area (Å²) in [6, 6.07) is 2.74. The molecule has 0 heterocycles. The minimum absolute atomic E-state index is 0. The Hall–Kier alpha value is 0.641. The van der Waals surface area contributed by atoms with Crippen LogP contribution in [0.2, 0.25) is 0 Å². The molecule has 0 nitrogen and oxygen atoms in total. The van der Waals surface area contributed by atoms with Crippen molar-refractivity contribution in [2.75, 3.05) is 0 Å². The van der Waals surface area contributed by atoms with Gasteiger partial charge in [-0.1, -0.05) is 11.6 Å². The molecule has 0 spiro atoms. The third-order valence-electron chi connectivity index (χ3n) is 2.42. The molecule has 0 amide bonds. The molecule has 76 valence electrons. The zero-order chi connectivity index (χ0) is 10.3. The average molecular weight is 242 g/mol. The van der Waals surface area contributed by atoms with Crippen LogP contribution >= 0.6 is 0 Å². The van der Waals surface area contributed by atoms with Crippen LogP contribution in [0.5, 0.6) is 0 Å². The molecule has 0 saturated heterocycles. The van der Waals surface area contributed by atoms with E-state index in [1.54, 1.807) is 0 Å². The fourth-order valence-electron chi connectivity index (χ4n) is 1.59. The fourth-order valence-corrected chi connectivity index (χ4v) is 1.59. The SMILES string of the molecule is Fc1ccc([B-](F)(F)F)c(C2CC2)c1.[K+]. The van der Waals surface area contributed by atoms with E-state index in [1.165, 1.54) is 0 Å². The van der Waals surface area contributed by atoms with Crippen LogP contribution in [0.3, 0.4) is 0 Å². The molecule has 0 unspecified atom stereocenters. The molecule has 2 rings (SSSR count). The van der Waals surface area contributed by atoms with Crippen LogP contribution in [0.1, 0.15) is 24.3 Å². The Kier molecular flexibility index (Phi) is 4.45. The van der Waals surface area contributed by atoms with Crippen LogP contribution in [0.4, 0.5) is 17.3 Å². The van der Waals surface area contributed by atoms with Crippen LogP contribution in [0, 0.1) is 5.82 Å². The van der Waals surface area contributed by atoms with E-state index in [-0.39, 0.29) is 62.9 Å². The molecule has 1 aromatic carbocycles. The predicted molar refractivity (Wildman–Crippen MR) is 47.1 cm³/mol. The first-order chi connectivity index (χ1) is 6.48. The molecule has 1 fully saturated rings. The molecule has 0 radical (unpaired) electrons. The molecule has 1 saturated carbocycles. The van der Waals surface area contributed by atoms with Crippen LogP contribution < -0.4 is 56.8 Å². The minimum Gasteiger partial charge on any atom is -0.445 e. The maximum Gasteiger partial charge on any atom is 1.00 e. The van der Waals surface area contributed by atoms with E-state index in [9.17, 15) is 17.3 Å². The third kappa shape index (κ3) is 3.30. The van der Waals surface area contributed by atoms with Gasteiger partial charge in [0.05, 0.1) is 0 Å². The fraction of sp³-hybridized carbons (Fsp3) is 0.333. The van der Waals surface area contributed by atoms with Crippen molar-refractivity contribution in [2.45, 2.75) is 18.8 Å². The monoisotopic (exact) mass is 242 g/mol. The second-order valence-electron chi connectivity index (χ2n) is 3.62. The smallest absolute Gasteiger partial charge is 0.445 e. The molecule has 0 atom stereocenters. The molecule has 1 aliphatic carbocycles. The van der Waals surface area contributed by atoms with Crippen LogP contribution in [0.25, 0.3) is 0 Å². The van der Waals surface area contributed by atoms with Crippen molar-refractivity contribution >= 4 is 12.4 Å². The number of halogens is 4. The van der Waals surface area contributed by atoms with Crippen molar-refractivity contribution in [1.82, 2.24) is 0 Å².